The number of benzene rings is 3. The lowest BCUT2D eigenvalue weighted by Crippen LogP contribution is -2.33. The monoisotopic (exact) mass is 399 g/mol. The molecular formula is C27H29NO2. The lowest BCUT2D eigenvalue weighted by Gasteiger charge is -2.23. The van der Waals surface area contributed by atoms with E-state index in [0.717, 1.165) is 29.7 Å². The molecule has 0 bridgehead atoms. The van der Waals surface area contributed by atoms with Crippen LogP contribution in [0.15, 0.2) is 66.7 Å². The predicted molar refractivity (Wildman–Crippen MR) is 121 cm³/mol. The minimum Gasteiger partial charge on any atom is -0.483 e. The topological polar surface area (TPSA) is 38.3 Å². The molecule has 0 saturated carbocycles. The molecule has 1 aliphatic carbocycles. The zero-order valence-corrected chi connectivity index (χ0v) is 17.8. The second kappa shape index (κ2) is 9.17. The fraction of sp³-hybridized carbons (Fsp3) is 0.296. The van der Waals surface area contributed by atoms with E-state index in [1.807, 2.05) is 30.3 Å². The van der Waals surface area contributed by atoms with Crippen molar-refractivity contribution >= 4 is 5.91 Å². The molecule has 30 heavy (non-hydrogen) atoms. The number of ether oxygens (including phenoxy) is 1. The van der Waals surface area contributed by atoms with Crippen LogP contribution in [0.25, 0.3) is 0 Å². The van der Waals surface area contributed by atoms with Gasteiger partial charge in [0.2, 0.25) is 0 Å². The maximum absolute atomic E-state index is 12.9. The Labute approximate surface area is 179 Å². The minimum atomic E-state index is -0.201. The van der Waals surface area contributed by atoms with Crippen LogP contribution >= 0.6 is 0 Å². The molecule has 154 valence electrons. The van der Waals surface area contributed by atoms with Crippen molar-refractivity contribution in [3.05, 3.63) is 100 Å². The van der Waals surface area contributed by atoms with Gasteiger partial charge in [-0.05, 0) is 73.4 Å². The Balaban J connectivity index is 1.51. The Bertz CT molecular complexity index is 1030. The first-order valence-corrected chi connectivity index (χ1v) is 10.8. The summed E-state index contributed by atoms with van der Waals surface area (Å²) >= 11 is 0. The molecule has 3 heteroatoms. The SMILES string of the molecule is Cc1ccc(C(NC(=O)COc2cccc3c2CCCC3)c2ccccc2)c(C)c1. The third-order valence-electron chi connectivity index (χ3n) is 5.89. The summed E-state index contributed by atoms with van der Waals surface area (Å²) in [6.45, 7) is 4.20. The molecule has 1 amide bonds. The van der Waals surface area contributed by atoms with Crippen LogP contribution in [-0.4, -0.2) is 12.5 Å². The number of aryl methyl sites for hydroxylation is 3. The van der Waals surface area contributed by atoms with Gasteiger partial charge in [0.25, 0.3) is 5.91 Å². The number of hydrogen-bond acceptors (Lipinski definition) is 2. The quantitative estimate of drug-likeness (QED) is 0.597. The van der Waals surface area contributed by atoms with Crippen LogP contribution in [0, 0.1) is 13.8 Å². The summed E-state index contributed by atoms with van der Waals surface area (Å²) in [7, 11) is 0. The summed E-state index contributed by atoms with van der Waals surface area (Å²) in [5.74, 6) is 0.738. The maximum atomic E-state index is 12.9. The number of nitrogens with one attached hydrogen (secondary N) is 1. The average molecular weight is 400 g/mol. The summed E-state index contributed by atoms with van der Waals surface area (Å²) in [6.07, 6.45) is 4.54. The first-order valence-electron chi connectivity index (χ1n) is 10.8. The smallest absolute Gasteiger partial charge is 0.258 e. The van der Waals surface area contributed by atoms with E-state index >= 15 is 0 Å². The van der Waals surface area contributed by atoms with Crippen LogP contribution < -0.4 is 10.1 Å². The summed E-state index contributed by atoms with van der Waals surface area (Å²) in [5.41, 5.74) is 7.18. The van der Waals surface area contributed by atoms with Crippen molar-refractivity contribution in [3.63, 3.8) is 0 Å². The Morgan fingerprint density at radius 2 is 1.77 bits per heavy atom. The van der Waals surface area contributed by atoms with Crippen molar-refractivity contribution < 1.29 is 9.53 Å². The van der Waals surface area contributed by atoms with E-state index in [-0.39, 0.29) is 18.6 Å². The molecule has 3 aromatic rings. The van der Waals surface area contributed by atoms with Crippen molar-refractivity contribution in [2.24, 2.45) is 0 Å². The van der Waals surface area contributed by atoms with Crippen LogP contribution in [0.2, 0.25) is 0 Å². The fourth-order valence-electron chi connectivity index (χ4n) is 4.36. The molecule has 0 fully saturated rings. The zero-order chi connectivity index (χ0) is 20.9. The predicted octanol–water partition coefficient (Wildman–Crippen LogP) is 5.47. The van der Waals surface area contributed by atoms with Gasteiger partial charge in [-0.2, -0.15) is 0 Å². The van der Waals surface area contributed by atoms with E-state index in [2.05, 4.69) is 55.6 Å². The van der Waals surface area contributed by atoms with Crippen molar-refractivity contribution in [2.45, 2.75) is 45.6 Å². The average Bonchev–Trinajstić information content (AvgIpc) is 2.77. The van der Waals surface area contributed by atoms with Crippen LogP contribution in [0.3, 0.4) is 0 Å². The number of fused-ring (bicyclic) bond motifs is 1. The molecule has 3 aromatic carbocycles. The third-order valence-corrected chi connectivity index (χ3v) is 5.89. The van der Waals surface area contributed by atoms with Crippen molar-refractivity contribution in [1.29, 1.82) is 0 Å². The molecule has 0 spiro atoms. The highest BCUT2D eigenvalue weighted by molar-refractivity contribution is 5.78. The van der Waals surface area contributed by atoms with Gasteiger partial charge in [-0.3, -0.25) is 4.79 Å². The molecule has 0 radical (unpaired) electrons. The van der Waals surface area contributed by atoms with Crippen LogP contribution in [0.4, 0.5) is 0 Å². The summed E-state index contributed by atoms with van der Waals surface area (Å²) in [4.78, 5) is 12.9. The second-order valence-electron chi connectivity index (χ2n) is 8.16. The number of rotatable bonds is 6. The molecular weight excluding hydrogens is 370 g/mol. The van der Waals surface area contributed by atoms with Gasteiger partial charge in [0.15, 0.2) is 6.61 Å². The van der Waals surface area contributed by atoms with Crippen molar-refractivity contribution in [3.8, 4) is 5.75 Å². The van der Waals surface area contributed by atoms with Crippen molar-refractivity contribution in [2.75, 3.05) is 6.61 Å². The highest BCUT2D eigenvalue weighted by Crippen LogP contribution is 2.30. The largest absolute Gasteiger partial charge is 0.483 e. The Kier molecular flexibility index (Phi) is 6.18. The van der Waals surface area contributed by atoms with Crippen molar-refractivity contribution in [1.82, 2.24) is 5.32 Å². The first-order chi connectivity index (χ1) is 14.6. The molecule has 0 saturated heterocycles. The molecule has 0 aromatic heterocycles. The highest BCUT2D eigenvalue weighted by atomic mass is 16.5. The van der Waals surface area contributed by atoms with Gasteiger partial charge < -0.3 is 10.1 Å². The molecule has 3 nitrogen and oxygen atoms in total. The molecule has 1 aliphatic rings. The lowest BCUT2D eigenvalue weighted by atomic mass is 9.91. The highest BCUT2D eigenvalue weighted by Gasteiger charge is 2.20. The number of carbonyl (C=O) groups is 1. The molecule has 1 atom stereocenters. The summed E-state index contributed by atoms with van der Waals surface area (Å²) in [6, 6.07) is 22.5. The number of hydrogen-bond donors (Lipinski definition) is 1. The normalized spacial score (nSPS) is 13.9. The van der Waals surface area contributed by atoms with E-state index in [9.17, 15) is 4.79 Å². The zero-order valence-electron chi connectivity index (χ0n) is 17.8. The summed E-state index contributed by atoms with van der Waals surface area (Å²) < 4.78 is 5.98. The fourth-order valence-corrected chi connectivity index (χ4v) is 4.36. The van der Waals surface area contributed by atoms with Gasteiger partial charge in [0.1, 0.15) is 5.75 Å². The maximum Gasteiger partial charge on any atom is 0.258 e. The second-order valence-corrected chi connectivity index (χ2v) is 8.16. The van der Waals surface area contributed by atoms with Gasteiger partial charge in [0, 0.05) is 0 Å². The van der Waals surface area contributed by atoms with Gasteiger partial charge in [-0.15, -0.1) is 0 Å². The van der Waals surface area contributed by atoms with Crippen LogP contribution in [0.5, 0.6) is 5.75 Å². The van der Waals surface area contributed by atoms with Crippen LogP contribution in [0.1, 0.15) is 52.3 Å². The van der Waals surface area contributed by atoms with Gasteiger partial charge >= 0.3 is 0 Å². The van der Waals surface area contributed by atoms with E-state index in [1.165, 1.54) is 35.1 Å². The standard InChI is InChI=1S/C27H29NO2/c1-19-15-16-23(20(2)17-19)27(22-10-4-3-5-11-22)28-26(29)18-30-25-14-8-12-21-9-6-7-13-24(21)25/h3-5,8,10-12,14-17,27H,6-7,9,13,18H2,1-2H3,(H,28,29). The van der Waals surface area contributed by atoms with Gasteiger partial charge in [-0.25, -0.2) is 0 Å². The Morgan fingerprint density at radius 1 is 0.967 bits per heavy atom. The van der Waals surface area contributed by atoms with Gasteiger partial charge in [0.05, 0.1) is 6.04 Å². The molecule has 4 rings (SSSR count). The third kappa shape index (κ3) is 4.56. The summed E-state index contributed by atoms with van der Waals surface area (Å²) in [5, 5.41) is 3.20. The Morgan fingerprint density at radius 3 is 2.57 bits per heavy atom. The van der Waals surface area contributed by atoms with E-state index in [0.29, 0.717) is 0 Å². The first kappa shape index (κ1) is 20.2. The lowest BCUT2D eigenvalue weighted by molar-refractivity contribution is -0.123. The molecule has 0 heterocycles. The molecule has 0 aliphatic heterocycles. The van der Waals surface area contributed by atoms with E-state index in [4.69, 9.17) is 4.74 Å². The number of carbonyl (C=O) groups excluding carboxylic acids is 1. The van der Waals surface area contributed by atoms with E-state index in [1.54, 1.807) is 0 Å². The minimum absolute atomic E-state index is 0.0185. The van der Waals surface area contributed by atoms with E-state index < -0.39 is 0 Å². The molecule has 1 unspecified atom stereocenters. The van der Waals surface area contributed by atoms with Gasteiger partial charge in [-0.1, -0.05) is 66.2 Å². The Hall–Kier alpha value is -3.07. The molecule has 1 N–H and O–H groups in total. The number of amides is 1. The van der Waals surface area contributed by atoms with Crippen LogP contribution in [-0.2, 0) is 17.6 Å².